The third-order valence-electron chi connectivity index (χ3n) is 4.18. The van der Waals surface area contributed by atoms with Gasteiger partial charge in [-0.2, -0.15) is 0 Å². The number of sulfone groups is 1. The van der Waals surface area contributed by atoms with Gasteiger partial charge in [-0.15, -0.1) is 0 Å². The Kier molecular flexibility index (Phi) is 6.51. The Morgan fingerprint density at radius 1 is 1.12 bits per heavy atom. The number of nitrogens with zero attached hydrogens (tertiary/aromatic N) is 2. The van der Waals surface area contributed by atoms with Crippen LogP contribution in [0, 0.1) is 5.41 Å². The van der Waals surface area contributed by atoms with Gasteiger partial charge in [0, 0.05) is 39.1 Å². The number of carbonyl (C=O) groups excluding carboxylic acids is 1. The molecule has 0 atom stereocenters. The van der Waals surface area contributed by atoms with E-state index in [0.29, 0.717) is 13.1 Å². The molecule has 2 rings (SSSR count). The minimum Gasteiger partial charge on any atom is -0.340 e. The molecule has 1 fully saturated rings. The molecule has 5 nitrogen and oxygen atoms in total. The summed E-state index contributed by atoms with van der Waals surface area (Å²) in [5, 5.41) is 0.200. The lowest BCUT2D eigenvalue weighted by Crippen LogP contribution is -2.50. The SMILES string of the molecule is CC(C)(C)CN1CCN(C(=O)CCS(=O)(=O)c2ccccc2Cl)CC1. The van der Waals surface area contributed by atoms with E-state index in [1.807, 2.05) is 0 Å². The van der Waals surface area contributed by atoms with E-state index in [4.69, 9.17) is 11.6 Å². The van der Waals surface area contributed by atoms with Crippen molar-refractivity contribution in [1.82, 2.24) is 9.80 Å². The molecular weight excluding hydrogens is 360 g/mol. The molecule has 0 N–H and O–H groups in total. The number of hydrogen-bond acceptors (Lipinski definition) is 4. The molecule has 1 heterocycles. The van der Waals surface area contributed by atoms with Crippen LogP contribution < -0.4 is 0 Å². The third kappa shape index (κ3) is 5.97. The average molecular weight is 387 g/mol. The molecule has 0 bridgehead atoms. The molecule has 1 aromatic rings. The Morgan fingerprint density at radius 2 is 1.72 bits per heavy atom. The van der Waals surface area contributed by atoms with Gasteiger partial charge in [0.15, 0.2) is 9.84 Å². The van der Waals surface area contributed by atoms with Gasteiger partial charge in [-0.1, -0.05) is 44.5 Å². The summed E-state index contributed by atoms with van der Waals surface area (Å²) < 4.78 is 24.8. The zero-order valence-electron chi connectivity index (χ0n) is 15.2. The lowest BCUT2D eigenvalue weighted by molar-refractivity contribution is -0.132. The maximum absolute atomic E-state index is 12.4. The van der Waals surface area contributed by atoms with Crippen LogP contribution in [0.4, 0.5) is 0 Å². The van der Waals surface area contributed by atoms with E-state index in [1.165, 1.54) is 6.07 Å². The van der Waals surface area contributed by atoms with Crippen LogP contribution in [0.3, 0.4) is 0 Å². The lowest BCUT2D eigenvalue weighted by Gasteiger charge is -2.37. The van der Waals surface area contributed by atoms with Gasteiger partial charge in [-0.3, -0.25) is 9.69 Å². The predicted molar refractivity (Wildman–Crippen MR) is 101 cm³/mol. The van der Waals surface area contributed by atoms with Crippen LogP contribution in [0.1, 0.15) is 27.2 Å². The fraction of sp³-hybridized carbons (Fsp3) is 0.611. The smallest absolute Gasteiger partial charge is 0.223 e. The van der Waals surface area contributed by atoms with Crippen molar-refractivity contribution in [3.05, 3.63) is 29.3 Å². The summed E-state index contributed by atoms with van der Waals surface area (Å²) in [5.74, 6) is -0.316. The first-order valence-corrected chi connectivity index (χ1v) is 10.6. The molecule has 1 amide bonds. The summed E-state index contributed by atoms with van der Waals surface area (Å²) in [4.78, 5) is 16.6. The van der Waals surface area contributed by atoms with E-state index in [0.717, 1.165) is 19.6 Å². The number of amides is 1. The van der Waals surface area contributed by atoms with Gasteiger partial charge in [0.1, 0.15) is 0 Å². The second-order valence-corrected chi connectivity index (χ2v) is 10.2. The minimum atomic E-state index is -3.55. The largest absolute Gasteiger partial charge is 0.340 e. The normalized spacial score (nSPS) is 16.9. The molecule has 0 aliphatic carbocycles. The molecule has 0 saturated carbocycles. The van der Waals surface area contributed by atoms with Crippen molar-refractivity contribution in [1.29, 1.82) is 0 Å². The molecule has 0 radical (unpaired) electrons. The number of piperazine rings is 1. The van der Waals surface area contributed by atoms with E-state index in [-0.39, 0.29) is 33.4 Å². The highest BCUT2D eigenvalue weighted by molar-refractivity contribution is 7.91. The first kappa shape index (κ1) is 20.2. The molecule has 1 aliphatic rings. The molecule has 7 heteroatoms. The fourth-order valence-corrected chi connectivity index (χ4v) is 4.82. The van der Waals surface area contributed by atoms with Gasteiger partial charge in [-0.05, 0) is 17.5 Å². The highest BCUT2D eigenvalue weighted by Gasteiger charge is 2.26. The topological polar surface area (TPSA) is 57.7 Å². The van der Waals surface area contributed by atoms with Gasteiger partial charge >= 0.3 is 0 Å². The van der Waals surface area contributed by atoms with Crippen molar-refractivity contribution in [3.63, 3.8) is 0 Å². The molecule has 140 valence electrons. The third-order valence-corrected chi connectivity index (χ3v) is 6.39. The predicted octanol–water partition coefficient (Wildman–Crippen LogP) is 2.69. The van der Waals surface area contributed by atoms with Gasteiger partial charge in [0.05, 0.1) is 15.7 Å². The zero-order valence-corrected chi connectivity index (χ0v) is 16.7. The maximum atomic E-state index is 12.4. The van der Waals surface area contributed by atoms with Crippen molar-refractivity contribution in [2.45, 2.75) is 32.1 Å². The Hall–Kier alpha value is -1.11. The monoisotopic (exact) mass is 386 g/mol. The minimum absolute atomic E-state index is 0.00712. The second-order valence-electron chi connectivity index (χ2n) is 7.72. The van der Waals surface area contributed by atoms with Crippen molar-refractivity contribution in [2.75, 3.05) is 38.5 Å². The highest BCUT2D eigenvalue weighted by atomic mass is 35.5. The van der Waals surface area contributed by atoms with Crippen molar-refractivity contribution in [2.24, 2.45) is 5.41 Å². The van der Waals surface area contributed by atoms with Crippen LogP contribution in [-0.2, 0) is 14.6 Å². The van der Waals surface area contributed by atoms with Gasteiger partial charge < -0.3 is 4.90 Å². The fourth-order valence-electron chi connectivity index (χ4n) is 3.01. The Bertz CT molecular complexity index is 705. The summed E-state index contributed by atoms with van der Waals surface area (Å²) in [5.41, 5.74) is 0.231. The molecule has 0 unspecified atom stereocenters. The quantitative estimate of drug-likeness (QED) is 0.780. The molecule has 1 aliphatic heterocycles. The van der Waals surface area contributed by atoms with Gasteiger partial charge in [0.25, 0.3) is 0 Å². The first-order chi connectivity index (χ1) is 11.6. The zero-order chi connectivity index (χ0) is 18.7. The molecular formula is C18H27ClN2O3S. The van der Waals surface area contributed by atoms with Crippen LogP contribution in [0.5, 0.6) is 0 Å². The number of carbonyl (C=O) groups is 1. The van der Waals surface area contributed by atoms with Crippen LogP contribution >= 0.6 is 11.6 Å². The maximum Gasteiger partial charge on any atom is 0.223 e. The molecule has 25 heavy (non-hydrogen) atoms. The lowest BCUT2D eigenvalue weighted by atomic mass is 9.96. The summed E-state index contributed by atoms with van der Waals surface area (Å²) in [7, 11) is -3.55. The number of halogens is 1. The Balaban J connectivity index is 1.86. The first-order valence-electron chi connectivity index (χ1n) is 8.56. The van der Waals surface area contributed by atoms with Crippen LogP contribution in [0.2, 0.25) is 5.02 Å². The van der Waals surface area contributed by atoms with Gasteiger partial charge in [-0.25, -0.2) is 8.42 Å². The van der Waals surface area contributed by atoms with Crippen molar-refractivity contribution < 1.29 is 13.2 Å². The number of benzene rings is 1. The van der Waals surface area contributed by atoms with E-state index in [9.17, 15) is 13.2 Å². The van der Waals surface area contributed by atoms with Crippen molar-refractivity contribution in [3.8, 4) is 0 Å². The number of hydrogen-bond donors (Lipinski definition) is 0. The summed E-state index contributed by atoms with van der Waals surface area (Å²) in [6.45, 7) is 10.6. The Morgan fingerprint density at radius 3 is 2.28 bits per heavy atom. The molecule has 0 spiro atoms. The molecule has 1 saturated heterocycles. The summed E-state index contributed by atoms with van der Waals surface area (Å²) >= 11 is 5.96. The summed E-state index contributed by atoms with van der Waals surface area (Å²) in [6, 6.07) is 6.34. The van der Waals surface area contributed by atoms with E-state index >= 15 is 0 Å². The van der Waals surface area contributed by atoms with Crippen LogP contribution in [0.25, 0.3) is 0 Å². The molecule has 0 aromatic heterocycles. The standard InChI is InChI=1S/C18H27ClN2O3S/c1-18(2,3)14-20-9-11-21(12-10-20)17(22)8-13-25(23,24)16-7-5-4-6-15(16)19/h4-7H,8-14H2,1-3H3. The molecule has 1 aromatic carbocycles. The summed E-state index contributed by atoms with van der Waals surface area (Å²) in [6.07, 6.45) is -0.00712. The number of rotatable bonds is 5. The van der Waals surface area contributed by atoms with Crippen molar-refractivity contribution >= 4 is 27.3 Å². The Labute approximate surface area is 155 Å². The van der Waals surface area contributed by atoms with Crippen LogP contribution in [-0.4, -0.2) is 62.6 Å². The van der Waals surface area contributed by atoms with E-state index in [1.54, 1.807) is 23.1 Å². The average Bonchev–Trinajstić information content (AvgIpc) is 2.52. The van der Waals surface area contributed by atoms with E-state index in [2.05, 4.69) is 25.7 Å². The van der Waals surface area contributed by atoms with Gasteiger partial charge in [0.2, 0.25) is 5.91 Å². The van der Waals surface area contributed by atoms with E-state index < -0.39 is 9.84 Å². The van der Waals surface area contributed by atoms with Crippen LogP contribution in [0.15, 0.2) is 29.2 Å². The highest BCUT2D eigenvalue weighted by Crippen LogP contribution is 2.22. The second kappa shape index (κ2) is 8.06.